The van der Waals surface area contributed by atoms with Crippen LogP contribution >= 0.6 is 15.9 Å². The van der Waals surface area contributed by atoms with Crippen LogP contribution in [0, 0.1) is 0 Å². The van der Waals surface area contributed by atoms with Crippen LogP contribution in [0.4, 0.5) is 5.69 Å². The lowest BCUT2D eigenvalue weighted by Gasteiger charge is -2.28. The van der Waals surface area contributed by atoms with Crippen molar-refractivity contribution in [3.05, 3.63) is 40.4 Å². The highest BCUT2D eigenvalue weighted by Crippen LogP contribution is 2.28. The van der Waals surface area contributed by atoms with Crippen LogP contribution < -0.4 is 4.90 Å². The molecule has 1 saturated heterocycles. The van der Waals surface area contributed by atoms with Gasteiger partial charge >= 0.3 is 0 Å². The Morgan fingerprint density at radius 2 is 1.96 bits per heavy atom. The van der Waals surface area contributed by atoms with Crippen molar-refractivity contribution in [3.63, 3.8) is 0 Å². The molecule has 1 atom stereocenters. The van der Waals surface area contributed by atoms with Crippen LogP contribution in [0.25, 0.3) is 0 Å². The third kappa shape index (κ3) is 4.72. The summed E-state index contributed by atoms with van der Waals surface area (Å²) < 4.78 is 0.882. The molecule has 3 amide bonds. The fraction of sp³-hybridized carbons (Fsp3) is 0.500. The largest absolute Gasteiger partial charge is 0.330 e. The fourth-order valence-electron chi connectivity index (χ4n) is 3.93. The molecule has 0 saturated carbocycles. The predicted octanol–water partition coefficient (Wildman–Crippen LogP) is 4.60. The lowest BCUT2D eigenvalue weighted by Crippen LogP contribution is -2.46. The van der Waals surface area contributed by atoms with E-state index in [0.29, 0.717) is 18.7 Å². The van der Waals surface area contributed by atoms with Gasteiger partial charge in [-0.1, -0.05) is 34.5 Å². The van der Waals surface area contributed by atoms with Gasteiger partial charge in [0.2, 0.25) is 11.8 Å². The van der Waals surface area contributed by atoms with Gasteiger partial charge in [-0.15, -0.1) is 0 Å². The van der Waals surface area contributed by atoms with E-state index in [1.807, 2.05) is 6.92 Å². The van der Waals surface area contributed by atoms with E-state index in [-0.39, 0.29) is 24.1 Å². The molecule has 1 aromatic carbocycles. The van der Waals surface area contributed by atoms with Gasteiger partial charge in [0.15, 0.2) is 0 Å². The first-order valence-electron chi connectivity index (χ1n) is 10.1. The SMILES string of the molecule is CCCC(=O)N(CCC1=CCCCC1)C1CC(=O)N(c2ccc(Br)cc2)C1=O. The molecule has 6 heteroatoms. The van der Waals surface area contributed by atoms with Gasteiger partial charge in [-0.25, -0.2) is 4.90 Å². The molecule has 5 nitrogen and oxygen atoms in total. The summed E-state index contributed by atoms with van der Waals surface area (Å²) in [7, 11) is 0. The van der Waals surface area contributed by atoms with E-state index >= 15 is 0 Å². The van der Waals surface area contributed by atoms with Crippen LogP contribution in [0.15, 0.2) is 40.4 Å². The molecule has 0 radical (unpaired) electrons. The topological polar surface area (TPSA) is 57.7 Å². The van der Waals surface area contributed by atoms with Crippen molar-refractivity contribution >= 4 is 39.3 Å². The molecule has 150 valence electrons. The Balaban J connectivity index is 1.77. The molecule has 3 rings (SSSR count). The second kappa shape index (κ2) is 9.50. The van der Waals surface area contributed by atoms with E-state index in [1.54, 1.807) is 29.2 Å². The zero-order valence-electron chi connectivity index (χ0n) is 16.3. The number of anilines is 1. The van der Waals surface area contributed by atoms with E-state index < -0.39 is 6.04 Å². The van der Waals surface area contributed by atoms with E-state index in [0.717, 1.165) is 30.2 Å². The highest BCUT2D eigenvalue weighted by molar-refractivity contribution is 9.10. The maximum atomic E-state index is 13.1. The quantitative estimate of drug-likeness (QED) is 0.454. The summed E-state index contributed by atoms with van der Waals surface area (Å²) in [5.74, 6) is -0.583. The third-order valence-electron chi connectivity index (χ3n) is 5.43. The smallest absolute Gasteiger partial charge is 0.257 e. The molecular weight excluding hydrogens is 420 g/mol. The number of halogens is 1. The average Bonchev–Trinajstić information content (AvgIpc) is 2.98. The maximum Gasteiger partial charge on any atom is 0.257 e. The lowest BCUT2D eigenvalue weighted by atomic mass is 9.97. The number of rotatable bonds is 7. The van der Waals surface area contributed by atoms with Crippen LogP contribution in [-0.4, -0.2) is 35.2 Å². The van der Waals surface area contributed by atoms with E-state index in [1.165, 1.54) is 23.3 Å². The van der Waals surface area contributed by atoms with E-state index in [2.05, 4.69) is 22.0 Å². The molecule has 2 aliphatic rings. The maximum absolute atomic E-state index is 13.1. The van der Waals surface area contributed by atoms with Crippen molar-refractivity contribution in [2.45, 2.75) is 64.3 Å². The van der Waals surface area contributed by atoms with Crippen LogP contribution in [0.5, 0.6) is 0 Å². The van der Waals surface area contributed by atoms with Crippen molar-refractivity contribution < 1.29 is 14.4 Å². The van der Waals surface area contributed by atoms with Gasteiger partial charge in [0.25, 0.3) is 5.91 Å². The number of hydrogen-bond acceptors (Lipinski definition) is 3. The number of carbonyl (C=O) groups is 3. The van der Waals surface area contributed by atoms with Gasteiger partial charge in [0, 0.05) is 17.4 Å². The Morgan fingerprint density at radius 3 is 2.61 bits per heavy atom. The van der Waals surface area contributed by atoms with Crippen molar-refractivity contribution in [3.8, 4) is 0 Å². The minimum Gasteiger partial charge on any atom is -0.330 e. The van der Waals surface area contributed by atoms with Crippen molar-refractivity contribution in [2.75, 3.05) is 11.4 Å². The molecule has 1 unspecified atom stereocenters. The summed E-state index contributed by atoms with van der Waals surface area (Å²) in [4.78, 5) is 41.3. The predicted molar refractivity (Wildman–Crippen MR) is 113 cm³/mol. The van der Waals surface area contributed by atoms with Crippen LogP contribution in [0.1, 0.15) is 58.3 Å². The zero-order valence-corrected chi connectivity index (χ0v) is 17.9. The molecule has 1 aliphatic carbocycles. The lowest BCUT2D eigenvalue weighted by molar-refractivity contribution is -0.138. The molecular formula is C22H27BrN2O3. The standard InChI is InChI=1S/C22H27BrN2O3/c1-2-6-20(26)24(14-13-16-7-4-3-5-8-16)19-15-21(27)25(22(19)28)18-11-9-17(23)10-12-18/h7,9-12,19H,2-6,8,13-15H2,1H3. The van der Waals surface area contributed by atoms with Crippen LogP contribution in [0.3, 0.4) is 0 Å². The number of imide groups is 1. The van der Waals surface area contributed by atoms with E-state index in [9.17, 15) is 14.4 Å². The number of nitrogens with zero attached hydrogens (tertiary/aromatic N) is 2. The summed E-state index contributed by atoms with van der Waals surface area (Å²) in [5.41, 5.74) is 1.92. The molecule has 0 aromatic heterocycles. The Kier molecular flexibility index (Phi) is 7.05. The minimum absolute atomic E-state index is 0.0392. The van der Waals surface area contributed by atoms with Gasteiger partial charge in [-0.3, -0.25) is 14.4 Å². The van der Waals surface area contributed by atoms with Gasteiger partial charge < -0.3 is 4.90 Å². The molecule has 0 bridgehead atoms. The first-order valence-corrected chi connectivity index (χ1v) is 10.9. The second-order valence-corrected chi connectivity index (χ2v) is 8.37. The van der Waals surface area contributed by atoms with Gasteiger partial charge in [0.1, 0.15) is 6.04 Å². The normalized spacial score (nSPS) is 19.7. The van der Waals surface area contributed by atoms with Gasteiger partial charge in [-0.2, -0.15) is 0 Å². The van der Waals surface area contributed by atoms with Gasteiger partial charge in [-0.05, 0) is 62.8 Å². The van der Waals surface area contributed by atoms with Crippen LogP contribution in [-0.2, 0) is 14.4 Å². The monoisotopic (exact) mass is 446 g/mol. The molecule has 0 N–H and O–H groups in total. The van der Waals surface area contributed by atoms with Crippen molar-refractivity contribution in [1.29, 1.82) is 0 Å². The highest BCUT2D eigenvalue weighted by atomic mass is 79.9. The first-order chi connectivity index (χ1) is 13.5. The summed E-state index contributed by atoms with van der Waals surface area (Å²) >= 11 is 3.37. The number of carbonyl (C=O) groups excluding carboxylic acids is 3. The number of hydrogen-bond donors (Lipinski definition) is 0. The van der Waals surface area contributed by atoms with Gasteiger partial charge in [0.05, 0.1) is 12.1 Å². The molecule has 1 heterocycles. The molecule has 28 heavy (non-hydrogen) atoms. The highest BCUT2D eigenvalue weighted by Gasteiger charge is 2.44. The summed E-state index contributed by atoms with van der Waals surface area (Å²) in [6, 6.07) is 6.40. The fourth-order valence-corrected chi connectivity index (χ4v) is 4.19. The molecule has 1 fully saturated rings. The number of allylic oxidation sites excluding steroid dienone is 1. The van der Waals surface area contributed by atoms with Crippen molar-refractivity contribution in [1.82, 2.24) is 4.90 Å². The molecule has 1 aromatic rings. The Morgan fingerprint density at radius 1 is 1.21 bits per heavy atom. The number of benzene rings is 1. The van der Waals surface area contributed by atoms with Crippen LogP contribution in [0.2, 0.25) is 0 Å². The number of amides is 3. The Labute approximate surface area is 174 Å². The average molecular weight is 447 g/mol. The Hall–Kier alpha value is -1.95. The zero-order chi connectivity index (χ0) is 20.1. The van der Waals surface area contributed by atoms with Crippen molar-refractivity contribution in [2.24, 2.45) is 0 Å². The third-order valence-corrected chi connectivity index (χ3v) is 5.96. The second-order valence-electron chi connectivity index (χ2n) is 7.46. The van der Waals surface area contributed by atoms with E-state index in [4.69, 9.17) is 0 Å². The molecule has 1 aliphatic heterocycles. The molecule has 0 spiro atoms. The summed E-state index contributed by atoms with van der Waals surface area (Å²) in [6.07, 6.45) is 8.80. The minimum atomic E-state index is -0.695. The first kappa shape index (κ1) is 20.8. The summed E-state index contributed by atoms with van der Waals surface area (Å²) in [6.45, 7) is 2.46. The summed E-state index contributed by atoms with van der Waals surface area (Å²) in [5, 5.41) is 0. The Bertz CT molecular complexity index is 772.